The number of thiazole rings is 1. The number of aromatic nitrogens is 5. The van der Waals surface area contributed by atoms with Crippen LogP contribution in [0.5, 0.6) is 0 Å². The summed E-state index contributed by atoms with van der Waals surface area (Å²) in [6, 6.07) is 11.7. The molecule has 0 unspecified atom stereocenters. The maximum atomic E-state index is 13.1. The monoisotopic (exact) mass is 461 g/mol. The summed E-state index contributed by atoms with van der Waals surface area (Å²) in [5.74, 6) is -0.367. The van der Waals surface area contributed by atoms with Crippen LogP contribution in [0.15, 0.2) is 54.2 Å². The molecule has 4 heterocycles. The SMILES string of the molecule is Cn1nccc1C(=O)N1CCc2c(c(C(=O)NCc3nccs3)nn2Cc2ccccc2)C1. The molecule has 0 fully saturated rings. The Morgan fingerprint density at radius 3 is 2.73 bits per heavy atom. The lowest BCUT2D eigenvalue weighted by atomic mass is 10.0. The van der Waals surface area contributed by atoms with Crippen molar-refractivity contribution in [2.45, 2.75) is 26.1 Å². The molecule has 0 saturated carbocycles. The van der Waals surface area contributed by atoms with Crippen molar-refractivity contribution in [3.63, 3.8) is 0 Å². The lowest BCUT2D eigenvalue weighted by Crippen LogP contribution is -2.38. The lowest BCUT2D eigenvalue weighted by molar-refractivity contribution is 0.0719. The summed E-state index contributed by atoms with van der Waals surface area (Å²) >= 11 is 1.49. The molecular weight excluding hydrogens is 438 g/mol. The molecule has 10 heteroatoms. The molecule has 3 aromatic heterocycles. The Morgan fingerprint density at radius 2 is 2.00 bits per heavy atom. The van der Waals surface area contributed by atoms with E-state index in [1.54, 1.807) is 35.1 Å². The number of hydrogen-bond acceptors (Lipinski definition) is 6. The van der Waals surface area contributed by atoms with Gasteiger partial charge in [-0.2, -0.15) is 10.2 Å². The largest absolute Gasteiger partial charge is 0.344 e. The van der Waals surface area contributed by atoms with Crippen LogP contribution in [0.3, 0.4) is 0 Å². The van der Waals surface area contributed by atoms with Crippen molar-refractivity contribution >= 4 is 23.2 Å². The molecule has 0 saturated heterocycles. The normalized spacial score (nSPS) is 13.1. The van der Waals surface area contributed by atoms with Gasteiger partial charge in [-0.15, -0.1) is 11.3 Å². The molecule has 33 heavy (non-hydrogen) atoms. The van der Waals surface area contributed by atoms with Crippen molar-refractivity contribution < 1.29 is 9.59 Å². The average molecular weight is 462 g/mol. The zero-order chi connectivity index (χ0) is 22.8. The fraction of sp³-hybridized carbons (Fsp3) is 0.261. The summed E-state index contributed by atoms with van der Waals surface area (Å²) in [5, 5.41) is 14.4. The molecule has 168 valence electrons. The number of hydrogen-bond donors (Lipinski definition) is 1. The summed E-state index contributed by atoms with van der Waals surface area (Å²) in [7, 11) is 1.75. The van der Waals surface area contributed by atoms with Gasteiger partial charge < -0.3 is 10.2 Å². The first-order valence-corrected chi connectivity index (χ1v) is 11.5. The van der Waals surface area contributed by atoms with Gasteiger partial charge in [-0.1, -0.05) is 30.3 Å². The smallest absolute Gasteiger partial charge is 0.272 e. The van der Waals surface area contributed by atoms with Crippen LogP contribution in [-0.4, -0.2) is 47.8 Å². The molecule has 0 spiro atoms. The molecule has 5 rings (SSSR count). The topological polar surface area (TPSA) is 97.9 Å². The van der Waals surface area contributed by atoms with Crippen LogP contribution >= 0.6 is 11.3 Å². The molecule has 0 aliphatic carbocycles. The molecule has 1 aromatic carbocycles. The van der Waals surface area contributed by atoms with Crippen LogP contribution in [-0.2, 0) is 33.1 Å². The number of aryl methyl sites for hydroxylation is 1. The van der Waals surface area contributed by atoms with Crippen LogP contribution in [0.1, 0.15) is 42.8 Å². The molecular formula is C23H23N7O2S. The van der Waals surface area contributed by atoms with E-state index in [9.17, 15) is 9.59 Å². The van der Waals surface area contributed by atoms with E-state index in [-0.39, 0.29) is 11.8 Å². The highest BCUT2D eigenvalue weighted by atomic mass is 32.1. The van der Waals surface area contributed by atoms with Gasteiger partial charge in [0.15, 0.2) is 5.69 Å². The number of amides is 2. The Bertz CT molecular complexity index is 1280. The number of nitrogens with one attached hydrogen (secondary N) is 1. The minimum Gasteiger partial charge on any atom is -0.344 e. The predicted octanol–water partition coefficient (Wildman–Crippen LogP) is 2.25. The van der Waals surface area contributed by atoms with E-state index in [4.69, 9.17) is 5.10 Å². The van der Waals surface area contributed by atoms with Gasteiger partial charge in [-0.05, 0) is 11.6 Å². The molecule has 0 bridgehead atoms. The van der Waals surface area contributed by atoms with E-state index in [0.29, 0.717) is 44.0 Å². The maximum Gasteiger partial charge on any atom is 0.272 e. The highest BCUT2D eigenvalue weighted by Gasteiger charge is 2.31. The Morgan fingerprint density at radius 1 is 1.15 bits per heavy atom. The second-order valence-electron chi connectivity index (χ2n) is 7.84. The molecule has 2 amide bonds. The summed E-state index contributed by atoms with van der Waals surface area (Å²) in [4.78, 5) is 32.2. The van der Waals surface area contributed by atoms with Crippen LogP contribution in [0.2, 0.25) is 0 Å². The van der Waals surface area contributed by atoms with Gasteiger partial charge in [0.25, 0.3) is 11.8 Å². The lowest BCUT2D eigenvalue weighted by Gasteiger charge is -2.28. The highest BCUT2D eigenvalue weighted by Crippen LogP contribution is 2.25. The zero-order valence-electron chi connectivity index (χ0n) is 18.1. The minimum absolute atomic E-state index is 0.106. The number of carbonyl (C=O) groups excluding carboxylic acids is 2. The molecule has 4 aromatic rings. The Hall–Kier alpha value is -3.79. The molecule has 0 radical (unpaired) electrons. The predicted molar refractivity (Wildman–Crippen MR) is 123 cm³/mol. The van der Waals surface area contributed by atoms with Crippen molar-refractivity contribution in [1.82, 2.24) is 34.8 Å². The number of nitrogens with zero attached hydrogens (tertiary/aromatic N) is 6. The highest BCUT2D eigenvalue weighted by molar-refractivity contribution is 7.09. The van der Waals surface area contributed by atoms with Crippen molar-refractivity contribution in [2.24, 2.45) is 7.05 Å². The van der Waals surface area contributed by atoms with E-state index < -0.39 is 0 Å². The maximum absolute atomic E-state index is 13.1. The third-order valence-electron chi connectivity index (χ3n) is 5.74. The zero-order valence-corrected chi connectivity index (χ0v) is 19.0. The van der Waals surface area contributed by atoms with Crippen molar-refractivity contribution in [2.75, 3.05) is 6.54 Å². The van der Waals surface area contributed by atoms with Crippen LogP contribution in [0.4, 0.5) is 0 Å². The molecule has 0 atom stereocenters. The van der Waals surface area contributed by atoms with E-state index >= 15 is 0 Å². The number of carbonyl (C=O) groups is 2. The van der Waals surface area contributed by atoms with Crippen LogP contribution < -0.4 is 5.32 Å². The first-order chi connectivity index (χ1) is 16.1. The summed E-state index contributed by atoms with van der Waals surface area (Å²) in [6.07, 6.45) is 3.95. The van der Waals surface area contributed by atoms with Crippen molar-refractivity contribution in [3.8, 4) is 0 Å². The van der Waals surface area contributed by atoms with Crippen molar-refractivity contribution in [3.05, 3.63) is 87.4 Å². The third kappa shape index (κ3) is 4.29. The number of rotatable bonds is 6. The summed E-state index contributed by atoms with van der Waals surface area (Å²) < 4.78 is 3.47. The van der Waals surface area contributed by atoms with Gasteiger partial charge >= 0.3 is 0 Å². The van der Waals surface area contributed by atoms with Gasteiger partial charge in [-0.3, -0.25) is 19.0 Å². The van der Waals surface area contributed by atoms with Gasteiger partial charge in [0.05, 0.1) is 19.6 Å². The van der Waals surface area contributed by atoms with E-state index in [2.05, 4.69) is 15.4 Å². The molecule has 1 aliphatic heterocycles. The second-order valence-corrected chi connectivity index (χ2v) is 8.82. The van der Waals surface area contributed by atoms with Crippen LogP contribution in [0.25, 0.3) is 0 Å². The fourth-order valence-corrected chi connectivity index (χ4v) is 4.62. The van der Waals surface area contributed by atoms with Gasteiger partial charge in [-0.25, -0.2) is 4.98 Å². The number of fused-ring (bicyclic) bond motifs is 1. The third-order valence-corrected chi connectivity index (χ3v) is 6.51. The second kappa shape index (κ2) is 8.99. The fourth-order valence-electron chi connectivity index (χ4n) is 4.06. The van der Waals surface area contributed by atoms with Crippen LogP contribution in [0, 0.1) is 0 Å². The quantitative estimate of drug-likeness (QED) is 0.475. The van der Waals surface area contributed by atoms with E-state index in [0.717, 1.165) is 21.8 Å². The molecule has 9 nitrogen and oxygen atoms in total. The van der Waals surface area contributed by atoms with E-state index in [1.165, 1.54) is 11.3 Å². The van der Waals surface area contributed by atoms with Crippen molar-refractivity contribution in [1.29, 1.82) is 0 Å². The molecule has 1 aliphatic rings. The number of benzene rings is 1. The van der Waals surface area contributed by atoms with Gasteiger partial charge in [0.2, 0.25) is 0 Å². The van der Waals surface area contributed by atoms with Gasteiger partial charge in [0.1, 0.15) is 10.7 Å². The Labute approximate surface area is 194 Å². The average Bonchev–Trinajstić information content (AvgIpc) is 3.58. The molecule has 1 N–H and O–H groups in total. The Kier molecular flexibility index (Phi) is 5.74. The first-order valence-electron chi connectivity index (χ1n) is 10.7. The standard InChI is InChI=1S/C23H23N7O2S/c1-28-19(7-9-26-28)23(32)29-11-8-18-17(15-29)21(22(31)25-13-20-24-10-12-33-20)27-30(18)14-16-5-3-2-4-6-16/h2-7,9-10,12H,8,11,13-15H2,1H3,(H,25,31). The summed E-state index contributed by atoms with van der Waals surface area (Å²) in [6.45, 7) is 1.79. The minimum atomic E-state index is -0.261. The Balaban J connectivity index is 1.44. The van der Waals surface area contributed by atoms with Gasteiger partial charge in [0, 0.05) is 49.0 Å². The first kappa shape index (κ1) is 21.1. The summed E-state index contributed by atoms with van der Waals surface area (Å²) in [5.41, 5.74) is 3.77. The van der Waals surface area contributed by atoms with E-state index in [1.807, 2.05) is 40.4 Å².